The molecule has 0 spiro atoms. The lowest BCUT2D eigenvalue weighted by atomic mass is 10.1. The van der Waals surface area contributed by atoms with Gasteiger partial charge in [0.15, 0.2) is 0 Å². The van der Waals surface area contributed by atoms with E-state index in [0.717, 1.165) is 18.4 Å². The Hall–Kier alpha value is -3.41. The molecule has 0 saturated heterocycles. The van der Waals surface area contributed by atoms with Gasteiger partial charge >= 0.3 is 5.97 Å². The van der Waals surface area contributed by atoms with Gasteiger partial charge in [-0.3, -0.25) is 14.4 Å². The van der Waals surface area contributed by atoms with Crippen molar-refractivity contribution in [2.45, 2.75) is 39.2 Å². The van der Waals surface area contributed by atoms with Crippen LogP contribution in [-0.2, 0) is 16.1 Å². The molecule has 1 aliphatic rings. The molecule has 0 aromatic heterocycles. The molecule has 2 aromatic rings. The second kappa shape index (κ2) is 10.4. The lowest BCUT2D eigenvalue weighted by Crippen LogP contribution is -2.20. The monoisotopic (exact) mass is 406 g/mol. The van der Waals surface area contributed by atoms with Gasteiger partial charge in [-0.2, -0.15) is 0 Å². The summed E-state index contributed by atoms with van der Waals surface area (Å²) in [6, 6.07) is 13.7. The van der Waals surface area contributed by atoms with Crippen molar-refractivity contribution in [2.24, 2.45) is 5.92 Å². The van der Waals surface area contributed by atoms with Gasteiger partial charge < -0.3 is 15.4 Å². The van der Waals surface area contributed by atoms with E-state index in [2.05, 4.69) is 10.6 Å². The summed E-state index contributed by atoms with van der Waals surface area (Å²) in [4.78, 5) is 35.6. The van der Waals surface area contributed by atoms with Crippen molar-refractivity contribution >= 4 is 23.5 Å². The van der Waals surface area contributed by atoms with Crippen LogP contribution in [0.3, 0.4) is 0 Å². The van der Waals surface area contributed by atoms with Gasteiger partial charge in [0.25, 0.3) is 5.91 Å². The van der Waals surface area contributed by atoms with E-state index in [0.29, 0.717) is 29.5 Å². The van der Waals surface area contributed by atoms with Crippen LogP contribution < -0.4 is 15.4 Å². The van der Waals surface area contributed by atoms with Gasteiger partial charge in [-0.1, -0.05) is 37.1 Å². The number of esters is 1. The number of hydrogen-bond donors (Lipinski definition) is 2. The van der Waals surface area contributed by atoms with Crippen LogP contribution in [0.5, 0.6) is 5.75 Å². The van der Waals surface area contributed by atoms with Gasteiger partial charge in [0.05, 0.1) is 0 Å². The van der Waals surface area contributed by atoms with E-state index in [1.807, 2.05) is 24.3 Å². The van der Waals surface area contributed by atoms with Gasteiger partial charge in [-0.15, -0.1) is 0 Å². The van der Waals surface area contributed by atoms with Gasteiger partial charge in [0, 0.05) is 24.7 Å². The zero-order chi connectivity index (χ0) is 21.3. The fourth-order valence-electron chi connectivity index (χ4n) is 3.45. The fourth-order valence-corrected chi connectivity index (χ4v) is 3.45. The Morgan fingerprint density at radius 1 is 1.07 bits per heavy atom. The molecule has 2 amide bonds. The highest BCUT2D eigenvalue weighted by Gasteiger charge is 2.12. The topological polar surface area (TPSA) is 84.5 Å². The summed E-state index contributed by atoms with van der Waals surface area (Å²) in [7, 11) is 0. The quantitative estimate of drug-likeness (QED) is 0.409. The van der Waals surface area contributed by atoms with E-state index in [-0.39, 0.29) is 11.8 Å². The van der Waals surface area contributed by atoms with Crippen molar-refractivity contribution in [1.29, 1.82) is 0 Å². The van der Waals surface area contributed by atoms with Crippen molar-refractivity contribution in [3.8, 4) is 5.75 Å². The predicted molar refractivity (Wildman–Crippen MR) is 115 cm³/mol. The molecule has 0 unspecified atom stereocenters. The maximum Gasteiger partial charge on any atom is 0.308 e. The number of amides is 2. The van der Waals surface area contributed by atoms with Crippen LogP contribution in [0.25, 0.3) is 0 Å². The maximum atomic E-state index is 12.5. The average Bonchev–Trinajstić information content (AvgIpc) is 3.24. The standard InChI is InChI=1S/C24H26N2O4/c1-17(27)30-22-11-5-9-20(15-22)24(29)26-21-10-4-8-19(14-21)16-25-23(28)13-12-18-6-2-3-7-18/h4-5,8-15,18H,2-3,6-7,16H2,1H3,(H,25,28)(H,26,29)/b13-12+. The zero-order valence-electron chi connectivity index (χ0n) is 17.0. The average molecular weight is 406 g/mol. The molecule has 30 heavy (non-hydrogen) atoms. The first kappa shape index (κ1) is 21.3. The molecule has 3 rings (SSSR count). The molecule has 0 atom stereocenters. The minimum atomic E-state index is -0.444. The van der Waals surface area contributed by atoms with E-state index < -0.39 is 5.97 Å². The van der Waals surface area contributed by atoms with E-state index in [1.54, 1.807) is 30.3 Å². The van der Waals surface area contributed by atoms with Crippen molar-refractivity contribution in [3.63, 3.8) is 0 Å². The van der Waals surface area contributed by atoms with Crippen molar-refractivity contribution in [3.05, 3.63) is 71.8 Å². The van der Waals surface area contributed by atoms with Crippen molar-refractivity contribution in [2.75, 3.05) is 5.32 Å². The van der Waals surface area contributed by atoms with Gasteiger partial charge in [0.1, 0.15) is 5.75 Å². The lowest BCUT2D eigenvalue weighted by Gasteiger charge is -2.09. The van der Waals surface area contributed by atoms with E-state index >= 15 is 0 Å². The third-order valence-electron chi connectivity index (χ3n) is 4.93. The Morgan fingerprint density at radius 3 is 2.60 bits per heavy atom. The van der Waals surface area contributed by atoms with Gasteiger partial charge in [-0.05, 0) is 60.7 Å². The van der Waals surface area contributed by atoms with Crippen LogP contribution in [0.15, 0.2) is 60.7 Å². The number of hydrogen-bond acceptors (Lipinski definition) is 4. The third kappa shape index (κ3) is 6.58. The highest BCUT2D eigenvalue weighted by molar-refractivity contribution is 6.04. The molecule has 6 heteroatoms. The molecule has 0 bridgehead atoms. The molecule has 156 valence electrons. The number of benzene rings is 2. The predicted octanol–water partition coefficient (Wildman–Crippen LogP) is 4.23. The van der Waals surface area contributed by atoms with E-state index in [1.165, 1.54) is 25.8 Å². The minimum absolute atomic E-state index is 0.112. The molecule has 1 aliphatic carbocycles. The molecule has 0 radical (unpaired) electrons. The number of nitrogens with one attached hydrogen (secondary N) is 2. The number of ether oxygens (including phenoxy) is 1. The highest BCUT2D eigenvalue weighted by Crippen LogP contribution is 2.25. The molecular weight excluding hydrogens is 380 g/mol. The molecule has 1 fully saturated rings. The summed E-state index contributed by atoms with van der Waals surface area (Å²) >= 11 is 0. The molecule has 0 aliphatic heterocycles. The van der Waals surface area contributed by atoms with Crippen LogP contribution >= 0.6 is 0 Å². The first-order chi connectivity index (χ1) is 14.5. The number of carbonyl (C=O) groups is 3. The Labute approximate surface area is 176 Å². The largest absolute Gasteiger partial charge is 0.427 e. The summed E-state index contributed by atoms with van der Waals surface area (Å²) in [5.74, 6) is -0.0328. The number of anilines is 1. The Kier molecular flexibility index (Phi) is 7.38. The van der Waals surface area contributed by atoms with E-state index in [4.69, 9.17) is 4.74 Å². The summed E-state index contributed by atoms with van der Waals surface area (Å²) in [5.41, 5.74) is 1.87. The Balaban J connectivity index is 1.55. The Bertz CT molecular complexity index is 946. The van der Waals surface area contributed by atoms with Crippen LogP contribution in [0, 0.1) is 5.92 Å². The van der Waals surface area contributed by atoms with Crippen molar-refractivity contribution < 1.29 is 19.1 Å². The normalized spacial score (nSPS) is 13.9. The molecule has 1 saturated carbocycles. The highest BCUT2D eigenvalue weighted by atomic mass is 16.5. The number of rotatable bonds is 7. The molecule has 2 aromatic carbocycles. The fraction of sp³-hybridized carbons (Fsp3) is 0.292. The third-order valence-corrected chi connectivity index (χ3v) is 4.93. The van der Waals surface area contributed by atoms with Crippen LogP contribution in [-0.4, -0.2) is 17.8 Å². The molecule has 2 N–H and O–H groups in total. The van der Waals surface area contributed by atoms with Crippen LogP contribution in [0.2, 0.25) is 0 Å². The lowest BCUT2D eigenvalue weighted by molar-refractivity contribution is -0.131. The summed E-state index contributed by atoms with van der Waals surface area (Å²) < 4.78 is 5.02. The number of carbonyl (C=O) groups excluding carboxylic acids is 3. The minimum Gasteiger partial charge on any atom is -0.427 e. The van der Waals surface area contributed by atoms with Crippen LogP contribution in [0.4, 0.5) is 5.69 Å². The Morgan fingerprint density at radius 2 is 1.83 bits per heavy atom. The molecular formula is C24H26N2O4. The maximum absolute atomic E-state index is 12.5. The summed E-state index contributed by atoms with van der Waals surface area (Å²) in [6.07, 6.45) is 8.43. The first-order valence-corrected chi connectivity index (χ1v) is 10.1. The smallest absolute Gasteiger partial charge is 0.308 e. The van der Waals surface area contributed by atoms with Gasteiger partial charge in [0.2, 0.25) is 5.91 Å². The van der Waals surface area contributed by atoms with Gasteiger partial charge in [-0.25, -0.2) is 0 Å². The van der Waals surface area contributed by atoms with E-state index in [9.17, 15) is 14.4 Å². The molecule has 6 nitrogen and oxygen atoms in total. The molecule has 0 heterocycles. The van der Waals surface area contributed by atoms with Crippen LogP contribution in [0.1, 0.15) is 48.5 Å². The SMILES string of the molecule is CC(=O)Oc1cccc(C(=O)Nc2cccc(CNC(=O)/C=C/C3CCCC3)c2)c1. The summed E-state index contributed by atoms with van der Waals surface area (Å²) in [5, 5.41) is 5.70. The number of allylic oxidation sites excluding steroid dienone is 1. The van der Waals surface area contributed by atoms with Crippen molar-refractivity contribution in [1.82, 2.24) is 5.32 Å². The first-order valence-electron chi connectivity index (χ1n) is 10.1. The summed E-state index contributed by atoms with van der Waals surface area (Å²) in [6.45, 7) is 1.68. The second-order valence-corrected chi connectivity index (χ2v) is 7.40. The zero-order valence-corrected chi connectivity index (χ0v) is 17.0. The second-order valence-electron chi connectivity index (χ2n) is 7.40.